The van der Waals surface area contributed by atoms with Crippen LogP contribution in [0.15, 0.2) is 18.5 Å². The van der Waals surface area contributed by atoms with Gasteiger partial charge in [0.05, 0.1) is 12.4 Å². The molecule has 1 saturated carbocycles. The van der Waals surface area contributed by atoms with E-state index < -0.39 is 11.9 Å². The van der Waals surface area contributed by atoms with Crippen LogP contribution < -0.4 is 11.1 Å². The summed E-state index contributed by atoms with van der Waals surface area (Å²) in [5.74, 6) is -0.712. The van der Waals surface area contributed by atoms with Crippen LogP contribution in [-0.2, 0) is 9.59 Å². The van der Waals surface area contributed by atoms with Gasteiger partial charge in [-0.05, 0) is 25.7 Å². The first-order chi connectivity index (χ1) is 14.4. The summed E-state index contributed by atoms with van der Waals surface area (Å²) in [5.41, 5.74) is 7.35. The van der Waals surface area contributed by atoms with Gasteiger partial charge in [-0.15, -0.1) is 0 Å². The number of anilines is 2. The van der Waals surface area contributed by atoms with E-state index in [0.717, 1.165) is 36.2 Å². The van der Waals surface area contributed by atoms with Crippen molar-refractivity contribution in [2.45, 2.75) is 50.6 Å². The number of nitrogen functional groups attached to an aromatic ring is 1. The first kappa shape index (κ1) is 21.5. The number of allylic oxidation sites excluding steroid dienone is 1. The number of aromatic nitrogens is 4. The van der Waals surface area contributed by atoms with E-state index >= 15 is 0 Å². The lowest BCUT2D eigenvalue weighted by atomic mass is 10.1. The van der Waals surface area contributed by atoms with Crippen LogP contribution in [0.4, 0.5) is 11.8 Å². The first-order valence-electron chi connectivity index (χ1n) is 9.86. The van der Waals surface area contributed by atoms with E-state index in [9.17, 15) is 14.7 Å². The molecule has 11 heteroatoms. The fraction of sp³-hybridized carbons (Fsp3) is 0.526. The molecule has 0 aliphatic heterocycles. The number of carbonyl (C=O) groups is 2. The molecule has 0 amide bonds. The zero-order valence-corrected chi connectivity index (χ0v) is 16.4. The Hall–Kier alpha value is -3.21. The van der Waals surface area contributed by atoms with Crippen LogP contribution in [0.5, 0.6) is 0 Å². The molecule has 162 valence electrons. The van der Waals surface area contributed by atoms with E-state index in [1.54, 1.807) is 6.33 Å². The zero-order chi connectivity index (χ0) is 21.7. The summed E-state index contributed by atoms with van der Waals surface area (Å²) in [6, 6.07) is 0.646. The molecule has 0 spiro atoms. The summed E-state index contributed by atoms with van der Waals surface area (Å²) in [5, 5.41) is 28.7. The van der Waals surface area contributed by atoms with Gasteiger partial charge in [0.2, 0.25) is 5.95 Å². The Morgan fingerprint density at radius 3 is 2.43 bits per heavy atom. The highest BCUT2D eigenvalue weighted by atomic mass is 16.4. The van der Waals surface area contributed by atoms with Gasteiger partial charge in [0.15, 0.2) is 17.0 Å². The van der Waals surface area contributed by atoms with Crippen LogP contribution in [0.2, 0.25) is 0 Å². The number of hydrogen-bond acceptors (Lipinski definition) is 8. The smallest absolute Gasteiger partial charge is 0.303 e. The minimum Gasteiger partial charge on any atom is -0.481 e. The molecule has 11 nitrogen and oxygen atoms in total. The van der Waals surface area contributed by atoms with E-state index in [2.05, 4.69) is 26.3 Å². The normalized spacial score (nSPS) is 20.0. The van der Waals surface area contributed by atoms with Gasteiger partial charge in [0.25, 0.3) is 0 Å². The molecule has 1 fully saturated rings. The van der Waals surface area contributed by atoms with Gasteiger partial charge < -0.3 is 30.9 Å². The van der Waals surface area contributed by atoms with Crippen LogP contribution >= 0.6 is 0 Å². The molecular formula is C19H26N6O5. The van der Waals surface area contributed by atoms with Gasteiger partial charge in [-0.3, -0.25) is 9.59 Å². The van der Waals surface area contributed by atoms with Crippen molar-refractivity contribution in [2.75, 3.05) is 17.7 Å². The zero-order valence-electron chi connectivity index (χ0n) is 16.4. The predicted molar refractivity (Wildman–Crippen MR) is 109 cm³/mol. The molecule has 30 heavy (non-hydrogen) atoms. The number of nitrogens with two attached hydrogens (primary N) is 1. The number of carboxylic acid groups (broad SMARTS) is 2. The van der Waals surface area contributed by atoms with Gasteiger partial charge in [-0.25, -0.2) is 4.98 Å². The van der Waals surface area contributed by atoms with Gasteiger partial charge in [0.1, 0.15) is 0 Å². The Balaban J connectivity index is 0.000000244. The van der Waals surface area contributed by atoms with Crippen LogP contribution in [0.3, 0.4) is 0 Å². The molecule has 4 rings (SSSR count). The number of aliphatic hydroxyl groups excluding tert-OH is 1. The number of fused-ring (bicyclic) bond motifs is 1. The third-order valence-electron chi connectivity index (χ3n) is 4.88. The number of imidazole rings is 1. The van der Waals surface area contributed by atoms with E-state index in [1.807, 2.05) is 10.6 Å². The Bertz CT molecular complexity index is 925. The second-order valence-electron chi connectivity index (χ2n) is 7.44. The molecule has 0 saturated heterocycles. The van der Waals surface area contributed by atoms with E-state index in [-0.39, 0.29) is 43.8 Å². The summed E-state index contributed by atoms with van der Waals surface area (Å²) in [7, 11) is 0. The van der Waals surface area contributed by atoms with Crippen LogP contribution in [0.1, 0.15) is 44.6 Å². The molecule has 0 bridgehead atoms. The number of aliphatic carboxylic acids is 2. The summed E-state index contributed by atoms with van der Waals surface area (Å²) in [6.07, 6.45) is 9.19. The van der Waals surface area contributed by atoms with Gasteiger partial charge in [-0.1, -0.05) is 12.2 Å². The van der Waals surface area contributed by atoms with E-state index in [1.165, 1.54) is 0 Å². The quantitative estimate of drug-likeness (QED) is 0.394. The van der Waals surface area contributed by atoms with Crippen molar-refractivity contribution in [3.05, 3.63) is 18.5 Å². The third kappa shape index (κ3) is 5.66. The topological polar surface area (TPSA) is 176 Å². The van der Waals surface area contributed by atoms with Crippen LogP contribution in [0, 0.1) is 5.92 Å². The fourth-order valence-electron chi connectivity index (χ4n) is 3.18. The summed E-state index contributed by atoms with van der Waals surface area (Å²) in [6.45, 7) is 0.172. The highest BCUT2D eigenvalue weighted by Gasteiger charge is 2.26. The maximum atomic E-state index is 9.79. The van der Waals surface area contributed by atoms with Crippen molar-refractivity contribution in [1.82, 2.24) is 19.5 Å². The predicted octanol–water partition coefficient (Wildman–Crippen LogP) is 1.42. The molecule has 2 aliphatic carbocycles. The lowest BCUT2D eigenvalue weighted by Gasteiger charge is -2.13. The number of nitrogens with one attached hydrogen (secondary N) is 1. The highest BCUT2D eigenvalue weighted by molar-refractivity contribution is 5.84. The standard InChI is InChI=1S/C14H18N6O.C5H8O4/c15-14-18-12(17-9-2-3-9)11-13(19-14)20(7-16-11)10-4-1-8(5-10)6-21;6-4(7)2-1-3-5(8)9/h1,4,7-10,21H,2-3,5-6H2,(H3,15,17,18,19);1-3H2,(H,6,7)(H,8,9)/t8-,10+;/m0./s1. The Morgan fingerprint density at radius 2 is 1.87 bits per heavy atom. The molecule has 2 atom stereocenters. The maximum absolute atomic E-state index is 9.79. The van der Waals surface area contributed by atoms with Crippen molar-refractivity contribution in [3.63, 3.8) is 0 Å². The Morgan fingerprint density at radius 1 is 1.17 bits per heavy atom. The Kier molecular flexibility index (Phi) is 6.83. The number of rotatable bonds is 8. The monoisotopic (exact) mass is 418 g/mol. The summed E-state index contributed by atoms with van der Waals surface area (Å²) >= 11 is 0. The van der Waals surface area contributed by atoms with Gasteiger partial charge in [0, 0.05) is 31.4 Å². The first-order valence-corrected chi connectivity index (χ1v) is 9.86. The number of aliphatic hydroxyl groups is 1. The average Bonchev–Trinajstić information content (AvgIpc) is 3.20. The van der Waals surface area contributed by atoms with Crippen molar-refractivity contribution in [3.8, 4) is 0 Å². The lowest BCUT2D eigenvalue weighted by molar-refractivity contribution is -0.138. The fourth-order valence-corrected chi connectivity index (χ4v) is 3.18. The molecule has 2 aromatic heterocycles. The number of hydrogen-bond donors (Lipinski definition) is 5. The van der Waals surface area contributed by atoms with Crippen LogP contribution in [-0.4, -0.2) is 59.4 Å². The second kappa shape index (κ2) is 9.53. The molecule has 2 aromatic rings. The molecule has 6 N–H and O–H groups in total. The number of carboxylic acids is 2. The lowest BCUT2D eigenvalue weighted by Crippen LogP contribution is -2.10. The van der Waals surface area contributed by atoms with E-state index in [4.69, 9.17) is 15.9 Å². The maximum Gasteiger partial charge on any atom is 0.303 e. The molecule has 2 heterocycles. The largest absolute Gasteiger partial charge is 0.481 e. The van der Waals surface area contributed by atoms with Gasteiger partial charge in [-0.2, -0.15) is 9.97 Å². The summed E-state index contributed by atoms with van der Waals surface area (Å²) < 4.78 is 2.01. The van der Waals surface area contributed by atoms with Crippen molar-refractivity contribution in [1.29, 1.82) is 0 Å². The van der Waals surface area contributed by atoms with Crippen molar-refractivity contribution < 1.29 is 24.9 Å². The molecule has 0 aromatic carbocycles. The van der Waals surface area contributed by atoms with Crippen LogP contribution in [0.25, 0.3) is 11.2 Å². The highest BCUT2D eigenvalue weighted by Crippen LogP contribution is 2.32. The second-order valence-corrected chi connectivity index (χ2v) is 7.44. The minimum atomic E-state index is -0.948. The SMILES string of the molecule is Nc1nc(NC2CC2)c2ncn([C@@H]3C=C[C@H](CO)C3)c2n1.O=C(O)CCCC(=O)O. The molecule has 0 radical (unpaired) electrons. The van der Waals surface area contributed by atoms with Crippen molar-refractivity contribution >= 4 is 34.9 Å². The average molecular weight is 418 g/mol. The van der Waals surface area contributed by atoms with Crippen molar-refractivity contribution in [2.24, 2.45) is 5.92 Å². The molecular weight excluding hydrogens is 392 g/mol. The third-order valence-corrected chi connectivity index (χ3v) is 4.88. The molecule has 2 aliphatic rings. The summed E-state index contributed by atoms with van der Waals surface area (Å²) in [4.78, 5) is 32.7. The van der Waals surface area contributed by atoms with E-state index in [0.29, 0.717) is 6.04 Å². The molecule has 0 unspecified atom stereocenters. The Labute approximate surface area is 172 Å². The minimum absolute atomic E-state index is 0.0632. The number of nitrogens with zero attached hydrogens (tertiary/aromatic N) is 4. The van der Waals surface area contributed by atoms with Gasteiger partial charge >= 0.3 is 11.9 Å².